The molecule has 0 fully saturated rings. The Morgan fingerprint density at radius 2 is 2.06 bits per heavy atom. The van der Waals surface area contributed by atoms with Gasteiger partial charge in [0.15, 0.2) is 6.10 Å². The topological polar surface area (TPSA) is 61.5 Å². The van der Waals surface area contributed by atoms with Crippen LogP contribution >= 0.6 is 11.6 Å². The standard InChI is InChI=1S/C11H10ClNO3/c12-9-8(6-13)16-11(14)10(9)15-7-4-2-1-3-5-7/h1-5,8H,6,13H2. The van der Waals surface area contributed by atoms with Gasteiger partial charge in [0.2, 0.25) is 5.76 Å². The third-order valence-corrected chi connectivity index (χ3v) is 2.53. The van der Waals surface area contributed by atoms with Gasteiger partial charge in [-0.05, 0) is 12.1 Å². The molecule has 84 valence electrons. The van der Waals surface area contributed by atoms with Crippen LogP contribution in [0.5, 0.6) is 5.75 Å². The van der Waals surface area contributed by atoms with Gasteiger partial charge in [-0.2, -0.15) is 0 Å². The van der Waals surface area contributed by atoms with E-state index in [0.717, 1.165) is 0 Å². The van der Waals surface area contributed by atoms with Gasteiger partial charge in [0.05, 0.1) is 0 Å². The summed E-state index contributed by atoms with van der Waals surface area (Å²) in [5.41, 5.74) is 5.39. The first-order chi connectivity index (χ1) is 7.72. The van der Waals surface area contributed by atoms with Gasteiger partial charge >= 0.3 is 5.97 Å². The lowest BCUT2D eigenvalue weighted by Gasteiger charge is -2.03. The van der Waals surface area contributed by atoms with Crippen molar-refractivity contribution >= 4 is 17.6 Å². The van der Waals surface area contributed by atoms with Gasteiger partial charge in [-0.1, -0.05) is 29.8 Å². The molecule has 0 radical (unpaired) electrons. The van der Waals surface area contributed by atoms with Crippen molar-refractivity contribution in [2.45, 2.75) is 6.10 Å². The smallest absolute Gasteiger partial charge is 0.376 e. The Morgan fingerprint density at radius 3 is 2.62 bits per heavy atom. The average Bonchev–Trinajstić information content (AvgIpc) is 2.58. The molecule has 0 bridgehead atoms. The first-order valence-corrected chi connectivity index (χ1v) is 5.14. The Balaban J connectivity index is 2.21. The third kappa shape index (κ3) is 2.03. The number of hydrogen-bond acceptors (Lipinski definition) is 4. The van der Waals surface area contributed by atoms with Crippen LogP contribution in [0.25, 0.3) is 0 Å². The van der Waals surface area contributed by atoms with Gasteiger partial charge in [0, 0.05) is 6.54 Å². The quantitative estimate of drug-likeness (QED) is 0.810. The molecule has 0 saturated heterocycles. The van der Waals surface area contributed by atoms with Crippen LogP contribution in [0.3, 0.4) is 0 Å². The lowest BCUT2D eigenvalue weighted by atomic mass is 10.3. The van der Waals surface area contributed by atoms with Gasteiger partial charge in [0.1, 0.15) is 10.8 Å². The van der Waals surface area contributed by atoms with E-state index in [4.69, 9.17) is 26.8 Å². The molecule has 1 aromatic carbocycles. The van der Waals surface area contributed by atoms with E-state index in [1.165, 1.54) is 0 Å². The van der Waals surface area contributed by atoms with E-state index in [1.807, 2.05) is 6.07 Å². The number of halogens is 1. The second-order valence-corrected chi connectivity index (χ2v) is 3.63. The van der Waals surface area contributed by atoms with Crippen LogP contribution in [0, 0.1) is 0 Å². The largest absolute Gasteiger partial charge is 0.449 e. The number of nitrogens with two attached hydrogens (primary N) is 1. The molecule has 2 rings (SSSR count). The Kier molecular flexibility index (Phi) is 3.12. The molecule has 0 aromatic heterocycles. The second-order valence-electron chi connectivity index (χ2n) is 3.22. The number of cyclic esters (lactones) is 1. The number of benzene rings is 1. The maximum Gasteiger partial charge on any atom is 0.376 e. The summed E-state index contributed by atoms with van der Waals surface area (Å²) in [5.74, 6) is -0.0297. The maximum absolute atomic E-state index is 11.4. The molecule has 1 atom stereocenters. The minimum Gasteiger partial charge on any atom is -0.449 e. The summed E-state index contributed by atoms with van der Waals surface area (Å²) in [6.07, 6.45) is -0.590. The van der Waals surface area contributed by atoms with E-state index in [2.05, 4.69) is 0 Å². The SMILES string of the molecule is NCC1OC(=O)C(Oc2ccccc2)=C1Cl. The second kappa shape index (κ2) is 4.55. The van der Waals surface area contributed by atoms with Gasteiger partial charge in [-0.25, -0.2) is 4.79 Å². The van der Waals surface area contributed by atoms with Crippen LogP contribution in [0.2, 0.25) is 0 Å². The van der Waals surface area contributed by atoms with Crippen LogP contribution in [0.1, 0.15) is 0 Å². The lowest BCUT2D eigenvalue weighted by Crippen LogP contribution is -2.21. The van der Waals surface area contributed by atoms with E-state index in [0.29, 0.717) is 5.75 Å². The van der Waals surface area contributed by atoms with Crippen molar-refractivity contribution in [3.63, 3.8) is 0 Å². The normalized spacial score (nSPS) is 19.9. The average molecular weight is 240 g/mol. The number of para-hydroxylation sites is 1. The highest BCUT2D eigenvalue weighted by molar-refractivity contribution is 6.33. The predicted octanol–water partition coefficient (Wildman–Crippen LogP) is 1.40. The number of esters is 1. The molecule has 1 heterocycles. The zero-order valence-corrected chi connectivity index (χ0v) is 9.11. The van der Waals surface area contributed by atoms with Crippen LogP contribution in [0.15, 0.2) is 41.1 Å². The third-order valence-electron chi connectivity index (χ3n) is 2.11. The molecule has 0 amide bonds. The molecule has 0 spiro atoms. The molecular formula is C11H10ClNO3. The molecule has 1 aliphatic rings. The highest BCUT2D eigenvalue weighted by Crippen LogP contribution is 2.27. The number of rotatable bonds is 3. The van der Waals surface area contributed by atoms with Crippen molar-refractivity contribution in [3.8, 4) is 5.75 Å². The Bertz CT molecular complexity index is 430. The van der Waals surface area contributed by atoms with E-state index in [1.54, 1.807) is 24.3 Å². The highest BCUT2D eigenvalue weighted by Gasteiger charge is 2.34. The Hall–Kier alpha value is -1.52. The van der Waals surface area contributed by atoms with Crippen molar-refractivity contribution in [1.82, 2.24) is 0 Å². The monoisotopic (exact) mass is 239 g/mol. The van der Waals surface area contributed by atoms with E-state index < -0.39 is 12.1 Å². The summed E-state index contributed by atoms with van der Waals surface area (Å²) in [7, 11) is 0. The fourth-order valence-corrected chi connectivity index (χ4v) is 1.58. The number of carbonyl (C=O) groups excluding carboxylic acids is 1. The van der Waals surface area contributed by atoms with Crippen molar-refractivity contribution in [3.05, 3.63) is 41.1 Å². The van der Waals surface area contributed by atoms with Crippen LogP contribution in [-0.4, -0.2) is 18.6 Å². The summed E-state index contributed by atoms with van der Waals surface area (Å²) in [6.45, 7) is 0.145. The minimum atomic E-state index is -0.590. The summed E-state index contributed by atoms with van der Waals surface area (Å²) in [5, 5.41) is 0.219. The van der Waals surface area contributed by atoms with Gasteiger partial charge in [-0.15, -0.1) is 0 Å². The van der Waals surface area contributed by atoms with Crippen LogP contribution in [-0.2, 0) is 9.53 Å². The molecule has 4 nitrogen and oxygen atoms in total. The molecule has 0 aliphatic carbocycles. The van der Waals surface area contributed by atoms with Crippen molar-refractivity contribution in [2.75, 3.05) is 6.54 Å². The first kappa shape index (κ1) is 11.0. The lowest BCUT2D eigenvalue weighted by molar-refractivity contribution is -0.141. The van der Waals surface area contributed by atoms with Gasteiger partial charge < -0.3 is 15.2 Å². The molecule has 0 saturated carbocycles. The van der Waals surface area contributed by atoms with Crippen molar-refractivity contribution in [1.29, 1.82) is 0 Å². The fourth-order valence-electron chi connectivity index (χ4n) is 1.33. The Morgan fingerprint density at radius 1 is 1.38 bits per heavy atom. The molecule has 1 aromatic rings. The molecule has 2 N–H and O–H groups in total. The first-order valence-electron chi connectivity index (χ1n) is 4.76. The molecule has 1 unspecified atom stereocenters. The molecule has 1 aliphatic heterocycles. The summed E-state index contributed by atoms with van der Waals surface area (Å²) in [4.78, 5) is 11.4. The van der Waals surface area contributed by atoms with Gasteiger partial charge in [-0.3, -0.25) is 0 Å². The zero-order valence-electron chi connectivity index (χ0n) is 8.35. The summed E-state index contributed by atoms with van der Waals surface area (Å²) >= 11 is 5.92. The molecule has 5 heteroatoms. The maximum atomic E-state index is 11.4. The van der Waals surface area contributed by atoms with E-state index in [9.17, 15) is 4.79 Å². The zero-order chi connectivity index (χ0) is 11.5. The number of hydrogen-bond donors (Lipinski definition) is 1. The van der Waals surface area contributed by atoms with E-state index >= 15 is 0 Å². The number of carbonyl (C=O) groups is 1. The van der Waals surface area contributed by atoms with Crippen LogP contribution in [0.4, 0.5) is 0 Å². The van der Waals surface area contributed by atoms with Crippen molar-refractivity contribution in [2.24, 2.45) is 5.73 Å². The fraction of sp³-hybridized carbons (Fsp3) is 0.182. The van der Waals surface area contributed by atoms with E-state index in [-0.39, 0.29) is 17.3 Å². The predicted molar refractivity (Wildman–Crippen MR) is 58.9 cm³/mol. The molecular weight excluding hydrogens is 230 g/mol. The highest BCUT2D eigenvalue weighted by atomic mass is 35.5. The van der Waals surface area contributed by atoms with Gasteiger partial charge in [0.25, 0.3) is 0 Å². The van der Waals surface area contributed by atoms with Crippen LogP contribution < -0.4 is 10.5 Å². The van der Waals surface area contributed by atoms with Crippen molar-refractivity contribution < 1.29 is 14.3 Å². The molecule has 16 heavy (non-hydrogen) atoms. The minimum absolute atomic E-state index is 0.0170. The Labute approximate surface area is 97.6 Å². The summed E-state index contributed by atoms with van der Waals surface area (Å²) < 4.78 is 10.3. The summed E-state index contributed by atoms with van der Waals surface area (Å²) in [6, 6.07) is 8.88. The number of ether oxygens (including phenoxy) is 2.